The van der Waals surface area contributed by atoms with Crippen LogP contribution in [0.3, 0.4) is 0 Å². The summed E-state index contributed by atoms with van der Waals surface area (Å²) in [7, 11) is 3.83. The van der Waals surface area contributed by atoms with Crippen LogP contribution in [-0.2, 0) is 7.05 Å². The van der Waals surface area contributed by atoms with Crippen molar-refractivity contribution < 1.29 is 4.74 Å². The number of aryl methyl sites for hydroxylation is 1. The number of ether oxygens (including phenoxy) is 1. The third-order valence-corrected chi connectivity index (χ3v) is 4.08. The first-order valence-electron chi connectivity index (χ1n) is 5.27. The summed E-state index contributed by atoms with van der Waals surface area (Å²) < 4.78 is 7.53. The van der Waals surface area contributed by atoms with E-state index in [0.29, 0.717) is 0 Å². The molecule has 0 saturated heterocycles. The Bertz CT molecular complexity index is 583. The van der Waals surface area contributed by atoms with Gasteiger partial charge in [0.15, 0.2) is 0 Å². The van der Waals surface area contributed by atoms with Gasteiger partial charge in [0.1, 0.15) is 5.75 Å². The van der Waals surface area contributed by atoms with E-state index >= 15 is 0 Å². The van der Waals surface area contributed by atoms with Crippen LogP contribution in [-0.4, -0.2) is 17.4 Å². The molecule has 0 spiro atoms. The summed E-state index contributed by atoms with van der Waals surface area (Å²) in [5.41, 5.74) is 2.57. The summed E-state index contributed by atoms with van der Waals surface area (Å²) in [5, 5.41) is 1.30. The minimum Gasteiger partial charge on any atom is -0.497 e. The van der Waals surface area contributed by atoms with Crippen LogP contribution in [0.5, 0.6) is 5.75 Å². The van der Waals surface area contributed by atoms with Crippen LogP contribution in [0, 0.1) is 0 Å². The minimum absolute atomic E-state index is 0.927. The number of hydrogen-bond donors (Lipinski definition) is 0. The fourth-order valence-corrected chi connectivity index (χ4v) is 3.20. The third-order valence-electron chi connectivity index (χ3n) is 3.00. The van der Waals surface area contributed by atoms with E-state index < -0.39 is 0 Å². The Kier molecular flexibility index (Phi) is 2.21. The Morgan fingerprint density at radius 3 is 3.06 bits per heavy atom. The molecule has 0 aliphatic carbocycles. The quantitative estimate of drug-likeness (QED) is 0.747. The summed E-state index contributed by atoms with van der Waals surface area (Å²) in [6.07, 6.45) is 4.42. The predicted octanol–water partition coefficient (Wildman–Crippen LogP) is 3.31. The van der Waals surface area contributed by atoms with Crippen LogP contribution >= 0.6 is 11.8 Å². The number of nitrogens with zero attached hydrogens (tertiary/aromatic N) is 1. The third kappa shape index (κ3) is 1.28. The molecule has 0 unspecified atom stereocenters. The highest BCUT2D eigenvalue weighted by atomic mass is 32.2. The molecule has 0 amide bonds. The van der Waals surface area contributed by atoms with Crippen molar-refractivity contribution in [1.29, 1.82) is 0 Å². The second kappa shape index (κ2) is 3.59. The maximum Gasteiger partial charge on any atom is 0.119 e. The van der Waals surface area contributed by atoms with Crippen molar-refractivity contribution in [3.63, 3.8) is 0 Å². The number of thioether (sulfide) groups is 1. The van der Waals surface area contributed by atoms with E-state index in [1.165, 1.54) is 21.5 Å². The second-order valence-electron chi connectivity index (χ2n) is 3.87. The van der Waals surface area contributed by atoms with Crippen LogP contribution in [0.1, 0.15) is 5.69 Å². The van der Waals surface area contributed by atoms with Gasteiger partial charge in [0.2, 0.25) is 0 Å². The average molecular weight is 231 g/mol. The van der Waals surface area contributed by atoms with Gasteiger partial charge in [0.05, 0.1) is 12.8 Å². The Morgan fingerprint density at radius 2 is 2.25 bits per heavy atom. The van der Waals surface area contributed by atoms with Gasteiger partial charge in [0.25, 0.3) is 0 Å². The van der Waals surface area contributed by atoms with Crippen molar-refractivity contribution in [3.8, 4) is 5.75 Å². The molecule has 0 saturated carbocycles. The van der Waals surface area contributed by atoms with Gasteiger partial charge in [0, 0.05) is 28.6 Å². The number of benzene rings is 1. The molecule has 0 bridgehead atoms. The zero-order valence-electron chi connectivity index (χ0n) is 9.36. The zero-order valence-corrected chi connectivity index (χ0v) is 10.2. The molecule has 2 nitrogen and oxygen atoms in total. The molecular weight excluding hydrogens is 218 g/mol. The number of hydrogen-bond acceptors (Lipinski definition) is 2. The molecule has 1 aromatic heterocycles. The van der Waals surface area contributed by atoms with Gasteiger partial charge in [-0.3, -0.25) is 0 Å². The van der Waals surface area contributed by atoms with Crippen molar-refractivity contribution in [2.24, 2.45) is 7.05 Å². The molecule has 0 radical (unpaired) electrons. The minimum atomic E-state index is 0.927. The molecule has 0 atom stereocenters. The molecule has 1 aromatic carbocycles. The van der Waals surface area contributed by atoms with E-state index in [0.717, 1.165) is 11.5 Å². The topological polar surface area (TPSA) is 14.2 Å². The summed E-state index contributed by atoms with van der Waals surface area (Å²) in [6.45, 7) is 0. The number of methoxy groups -OCH3 is 1. The Balaban J connectivity index is 2.37. The zero-order chi connectivity index (χ0) is 11.1. The molecule has 2 heterocycles. The summed E-state index contributed by atoms with van der Waals surface area (Å²) >= 11 is 1.90. The van der Waals surface area contributed by atoms with Gasteiger partial charge < -0.3 is 9.30 Å². The van der Waals surface area contributed by atoms with Gasteiger partial charge >= 0.3 is 0 Å². The maximum absolute atomic E-state index is 5.29. The molecule has 0 fully saturated rings. The van der Waals surface area contributed by atoms with Crippen molar-refractivity contribution >= 4 is 28.7 Å². The molecule has 3 heteroatoms. The SMILES string of the molecule is COc1ccc2c(c1)c1c(n2C)C=CCS1. The second-order valence-corrected chi connectivity index (χ2v) is 4.90. The number of rotatable bonds is 1. The van der Waals surface area contributed by atoms with Gasteiger partial charge in [-0.15, -0.1) is 11.8 Å². The largest absolute Gasteiger partial charge is 0.497 e. The maximum atomic E-state index is 5.29. The number of fused-ring (bicyclic) bond motifs is 3. The predicted molar refractivity (Wildman–Crippen MR) is 69.2 cm³/mol. The molecule has 1 aliphatic heterocycles. The molecule has 2 aromatic rings. The first-order valence-corrected chi connectivity index (χ1v) is 6.25. The van der Waals surface area contributed by atoms with Gasteiger partial charge in [-0.2, -0.15) is 0 Å². The number of aromatic nitrogens is 1. The van der Waals surface area contributed by atoms with E-state index in [9.17, 15) is 0 Å². The fourth-order valence-electron chi connectivity index (χ4n) is 2.17. The summed E-state index contributed by atoms with van der Waals surface area (Å²) in [4.78, 5) is 1.37. The standard InChI is InChI=1S/C13H13NOS/c1-14-11-6-5-9(15-2)8-10(11)13-12(14)4-3-7-16-13/h3-6,8H,7H2,1-2H3. The average Bonchev–Trinajstić information content (AvgIpc) is 2.64. The van der Waals surface area contributed by atoms with Gasteiger partial charge in [-0.1, -0.05) is 6.08 Å². The van der Waals surface area contributed by atoms with Crippen molar-refractivity contribution in [2.75, 3.05) is 12.9 Å². The normalized spacial score (nSPS) is 14.1. The fraction of sp³-hybridized carbons (Fsp3) is 0.231. The van der Waals surface area contributed by atoms with Crippen LogP contribution in [0.4, 0.5) is 0 Å². The molecule has 82 valence electrons. The van der Waals surface area contributed by atoms with Crippen LogP contribution in [0.2, 0.25) is 0 Å². The Hall–Kier alpha value is -1.35. The van der Waals surface area contributed by atoms with E-state index in [-0.39, 0.29) is 0 Å². The highest BCUT2D eigenvalue weighted by Gasteiger charge is 2.16. The van der Waals surface area contributed by atoms with E-state index in [1.54, 1.807) is 7.11 Å². The van der Waals surface area contributed by atoms with Gasteiger partial charge in [-0.25, -0.2) is 0 Å². The Labute approximate surface area is 98.9 Å². The summed E-state index contributed by atoms with van der Waals surface area (Å²) in [6, 6.07) is 6.27. The van der Waals surface area contributed by atoms with Crippen LogP contribution in [0.15, 0.2) is 29.2 Å². The lowest BCUT2D eigenvalue weighted by molar-refractivity contribution is 0.415. The molecule has 0 N–H and O–H groups in total. The highest BCUT2D eigenvalue weighted by molar-refractivity contribution is 7.99. The molecular formula is C13H13NOS. The van der Waals surface area contributed by atoms with E-state index in [1.807, 2.05) is 17.8 Å². The summed E-state index contributed by atoms with van der Waals surface area (Å²) in [5.74, 6) is 1.99. The lowest BCUT2D eigenvalue weighted by Gasteiger charge is -2.06. The molecule has 16 heavy (non-hydrogen) atoms. The van der Waals surface area contributed by atoms with Gasteiger partial charge in [-0.05, 0) is 24.3 Å². The first-order chi connectivity index (χ1) is 7.81. The Morgan fingerprint density at radius 1 is 1.38 bits per heavy atom. The molecule has 3 rings (SSSR count). The highest BCUT2D eigenvalue weighted by Crippen LogP contribution is 2.38. The molecule has 1 aliphatic rings. The first kappa shape index (κ1) is 9.85. The van der Waals surface area contributed by atoms with E-state index in [4.69, 9.17) is 4.74 Å². The monoisotopic (exact) mass is 231 g/mol. The lowest BCUT2D eigenvalue weighted by atomic mass is 10.2. The van der Waals surface area contributed by atoms with Crippen LogP contribution < -0.4 is 4.74 Å². The van der Waals surface area contributed by atoms with Crippen molar-refractivity contribution in [2.45, 2.75) is 4.90 Å². The lowest BCUT2D eigenvalue weighted by Crippen LogP contribution is -1.93. The van der Waals surface area contributed by atoms with Crippen molar-refractivity contribution in [1.82, 2.24) is 4.57 Å². The smallest absolute Gasteiger partial charge is 0.119 e. The van der Waals surface area contributed by atoms with Crippen LogP contribution in [0.25, 0.3) is 17.0 Å². The van der Waals surface area contributed by atoms with E-state index in [2.05, 4.69) is 35.9 Å². The van der Waals surface area contributed by atoms with Crippen molar-refractivity contribution in [3.05, 3.63) is 30.0 Å².